The third kappa shape index (κ3) is 4.67. The molecule has 1 N–H and O–H groups in total. The topological polar surface area (TPSA) is 38.3 Å². The molecule has 10 heteroatoms. The molecule has 1 unspecified atom stereocenters. The van der Waals surface area contributed by atoms with E-state index in [1.165, 1.54) is 38.1 Å². The highest BCUT2D eigenvalue weighted by molar-refractivity contribution is 5.83. The van der Waals surface area contributed by atoms with Gasteiger partial charge in [-0.2, -0.15) is 30.7 Å². The normalized spacial score (nSPS) is 14.7. The van der Waals surface area contributed by atoms with Crippen molar-refractivity contribution in [1.29, 1.82) is 0 Å². The number of alkyl halides is 7. The quantitative estimate of drug-likeness (QED) is 0.422. The van der Waals surface area contributed by atoms with Crippen LogP contribution in [0.2, 0.25) is 0 Å². The second kappa shape index (κ2) is 7.96. The molecule has 0 heterocycles. The molecule has 26 heavy (non-hydrogen) atoms. The molecular weight excluding hydrogens is 371 g/mol. The zero-order valence-corrected chi connectivity index (χ0v) is 13.7. The number of halogens is 7. The van der Waals surface area contributed by atoms with Crippen molar-refractivity contribution in [3.8, 4) is 0 Å². The van der Waals surface area contributed by atoms with Crippen LogP contribution in [0.25, 0.3) is 0 Å². The van der Waals surface area contributed by atoms with Crippen LogP contribution in [0.3, 0.4) is 0 Å². The molecule has 0 radical (unpaired) electrons. The van der Waals surface area contributed by atoms with Crippen LogP contribution in [0.4, 0.5) is 30.7 Å². The SMILES string of the molecule is CCOC(=O)/C=C(\NC(C)c1ccccc1)C(F)(F)C(F)(F)C(F)(F)F. The number of carbonyl (C=O) groups is 1. The van der Waals surface area contributed by atoms with E-state index in [9.17, 15) is 35.5 Å². The minimum Gasteiger partial charge on any atom is -0.463 e. The fourth-order valence-corrected chi connectivity index (χ4v) is 1.93. The van der Waals surface area contributed by atoms with Gasteiger partial charge in [0.2, 0.25) is 0 Å². The van der Waals surface area contributed by atoms with Crippen LogP contribution >= 0.6 is 0 Å². The van der Waals surface area contributed by atoms with Gasteiger partial charge in [0.25, 0.3) is 0 Å². The number of rotatable bonds is 7. The van der Waals surface area contributed by atoms with Crippen LogP contribution in [-0.2, 0) is 9.53 Å². The minimum absolute atomic E-state index is 0.0947. The maximum atomic E-state index is 14.0. The van der Waals surface area contributed by atoms with E-state index in [2.05, 4.69) is 4.74 Å². The molecule has 1 aromatic carbocycles. The first-order valence-corrected chi connectivity index (χ1v) is 7.37. The largest absolute Gasteiger partial charge is 0.463 e. The zero-order valence-electron chi connectivity index (χ0n) is 13.7. The maximum Gasteiger partial charge on any atom is 0.460 e. The average Bonchev–Trinajstić information content (AvgIpc) is 2.54. The van der Waals surface area contributed by atoms with Gasteiger partial charge in [-0.05, 0) is 19.4 Å². The molecular formula is C16H16F7NO2. The first kappa shape index (κ1) is 21.8. The summed E-state index contributed by atoms with van der Waals surface area (Å²) in [5.74, 6) is -13.6. The minimum atomic E-state index is -6.53. The third-order valence-corrected chi connectivity index (χ3v) is 3.31. The molecule has 3 nitrogen and oxygen atoms in total. The summed E-state index contributed by atoms with van der Waals surface area (Å²) in [6.07, 6.45) is -6.62. The van der Waals surface area contributed by atoms with Crippen molar-refractivity contribution < 1.29 is 40.3 Å². The second-order valence-corrected chi connectivity index (χ2v) is 5.23. The Morgan fingerprint density at radius 1 is 1.12 bits per heavy atom. The van der Waals surface area contributed by atoms with Gasteiger partial charge in [0.1, 0.15) is 0 Å². The number of benzene rings is 1. The first-order chi connectivity index (χ1) is 11.8. The Balaban J connectivity index is 3.31. The first-order valence-electron chi connectivity index (χ1n) is 7.37. The van der Waals surface area contributed by atoms with Gasteiger partial charge < -0.3 is 10.1 Å². The lowest BCUT2D eigenvalue weighted by atomic mass is 10.0. The average molecular weight is 387 g/mol. The smallest absolute Gasteiger partial charge is 0.460 e. The zero-order chi connectivity index (χ0) is 20.2. The molecule has 0 fully saturated rings. The molecule has 1 atom stereocenters. The molecule has 146 valence electrons. The molecule has 0 saturated carbocycles. The van der Waals surface area contributed by atoms with Crippen LogP contribution in [0, 0.1) is 0 Å². The van der Waals surface area contributed by atoms with Gasteiger partial charge in [-0.25, -0.2) is 4.79 Å². The van der Waals surface area contributed by atoms with E-state index in [-0.39, 0.29) is 12.7 Å². The summed E-state index contributed by atoms with van der Waals surface area (Å²) in [6.45, 7) is 2.29. The Labute approximate surface area is 144 Å². The molecule has 0 amide bonds. The van der Waals surface area contributed by atoms with E-state index in [0.717, 1.165) is 0 Å². The van der Waals surface area contributed by atoms with Crippen molar-refractivity contribution in [3.63, 3.8) is 0 Å². The molecule has 0 aliphatic heterocycles. The van der Waals surface area contributed by atoms with Crippen LogP contribution in [0.5, 0.6) is 0 Å². The molecule has 0 spiro atoms. The van der Waals surface area contributed by atoms with Crippen molar-refractivity contribution in [2.24, 2.45) is 0 Å². The fraction of sp³-hybridized carbons (Fsp3) is 0.438. The summed E-state index contributed by atoms with van der Waals surface area (Å²) in [5, 5.41) is 1.87. The van der Waals surface area contributed by atoms with Crippen LogP contribution in [0.1, 0.15) is 25.5 Å². The summed E-state index contributed by atoms with van der Waals surface area (Å²) in [5.41, 5.74) is -1.57. The van der Waals surface area contributed by atoms with E-state index >= 15 is 0 Å². The van der Waals surface area contributed by atoms with E-state index in [1.807, 2.05) is 5.32 Å². The predicted octanol–water partition coefficient (Wildman–Crippen LogP) is 4.62. The Bertz CT molecular complexity index is 642. The summed E-state index contributed by atoms with van der Waals surface area (Å²) in [6, 6.07) is 6.43. The molecule has 0 aliphatic rings. The highest BCUT2D eigenvalue weighted by atomic mass is 19.4. The van der Waals surface area contributed by atoms with Gasteiger partial charge >= 0.3 is 24.0 Å². The summed E-state index contributed by atoms with van der Waals surface area (Å²) >= 11 is 0. The Morgan fingerprint density at radius 3 is 2.12 bits per heavy atom. The predicted molar refractivity (Wildman–Crippen MR) is 78.7 cm³/mol. The van der Waals surface area contributed by atoms with E-state index in [4.69, 9.17) is 0 Å². The van der Waals surface area contributed by atoms with Gasteiger partial charge in [0, 0.05) is 12.1 Å². The Kier molecular flexibility index (Phi) is 6.67. The van der Waals surface area contributed by atoms with Crippen molar-refractivity contribution in [1.82, 2.24) is 5.32 Å². The Hall–Kier alpha value is -2.26. The van der Waals surface area contributed by atoms with Crippen LogP contribution in [-0.4, -0.2) is 30.6 Å². The highest BCUT2D eigenvalue weighted by Gasteiger charge is 2.74. The number of esters is 1. The number of hydrogen-bond donors (Lipinski definition) is 1. The number of nitrogens with one attached hydrogen (secondary N) is 1. The van der Waals surface area contributed by atoms with E-state index < -0.39 is 35.7 Å². The summed E-state index contributed by atoms with van der Waals surface area (Å²) < 4.78 is 96.4. The summed E-state index contributed by atoms with van der Waals surface area (Å²) in [4.78, 5) is 11.4. The fourth-order valence-electron chi connectivity index (χ4n) is 1.93. The number of hydrogen-bond acceptors (Lipinski definition) is 3. The van der Waals surface area contributed by atoms with Gasteiger partial charge in [-0.3, -0.25) is 0 Å². The third-order valence-electron chi connectivity index (χ3n) is 3.31. The standard InChI is InChI=1S/C16H16F7NO2/c1-3-26-13(25)9-12(14(17,18)15(19,20)16(21,22)23)24-10(2)11-7-5-4-6-8-11/h4-10,24H,3H2,1-2H3/b12-9-. The van der Waals surface area contributed by atoms with Crippen LogP contribution < -0.4 is 5.32 Å². The van der Waals surface area contributed by atoms with Crippen molar-refractivity contribution in [2.45, 2.75) is 37.9 Å². The molecule has 0 saturated heterocycles. The summed E-state index contributed by atoms with van der Waals surface area (Å²) in [7, 11) is 0. The van der Waals surface area contributed by atoms with Gasteiger partial charge in [-0.1, -0.05) is 30.3 Å². The molecule has 0 bridgehead atoms. The molecule has 0 aliphatic carbocycles. The van der Waals surface area contributed by atoms with E-state index in [1.54, 1.807) is 6.07 Å². The van der Waals surface area contributed by atoms with Crippen LogP contribution in [0.15, 0.2) is 42.1 Å². The van der Waals surface area contributed by atoms with Crippen molar-refractivity contribution >= 4 is 5.97 Å². The van der Waals surface area contributed by atoms with Crippen molar-refractivity contribution in [3.05, 3.63) is 47.7 Å². The number of carbonyl (C=O) groups excluding carboxylic acids is 1. The van der Waals surface area contributed by atoms with Gasteiger partial charge in [-0.15, -0.1) is 0 Å². The second-order valence-electron chi connectivity index (χ2n) is 5.23. The Morgan fingerprint density at radius 2 is 1.65 bits per heavy atom. The molecule has 1 aromatic rings. The highest BCUT2D eigenvalue weighted by Crippen LogP contribution is 2.49. The van der Waals surface area contributed by atoms with E-state index in [0.29, 0.717) is 5.56 Å². The molecule has 0 aromatic heterocycles. The van der Waals surface area contributed by atoms with Gasteiger partial charge in [0.15, 0.2) is 0 Å². The number of allylic oxidation sites excluding steroid dienone is 1. The molecule has 1 rings (SSSR count). The lowest BCUT2D eigenvalue weighted by Gasteiger charge is -2.31. The lowest BCUT2D eigenvalue weighted by Crippen LogP contribution is -2.55. The number of ether oxygens (including phenoxy) is 1. The maximum absolute atomic E-state index is 14.0. The van der Waals surface area contributed by atoms with Gasteiger partial charge in [0.05, 0.1) is 12.3 Å². The monoisotopic (exact) mass is 387 g/mol. The van der Waals surface area contributed by atoms with Crippen molar-refractivity contribution in [2.75, 3.05) is 6.61 Å². The lowest BCUT2D eigenvalue weighted by molar-refractivity contribution is -0.345.